The lowest BCUT2D eigenvalue weighted by Gasteiger charge is -2.06. The van der Waals surface area contributed by atoms with Gasteiger partial charge in [0.25, 0.3) is 0 Å². The van der Waals surface area contributed by atoms with Crippen molar-refractivity contribution < 1.29 is 4.79 Å². The second-order valence-corrected chi connectivity index (χ2v) is 3.68. The molecule has 0 aliphatic heterocycles. The van der Waals surface area contributed by atoms with Crippen molar-refractivity contribution in [2.75, 3.05) is 0 Å². The van der Waals surface area contributed by atoms with E-state index in [9.17, 15) is 4.79 Å². The van der Waals surface area contributed by atoms with Crippen LogP contribution in [0.4, 0.5) is 0 Å². The molecule has 0 bridgehead atoms. The molecular weight excluding hydrogens is 160 g/mol. The summed E-state index contributed by atoms with van der Waals surface area (Å²) in [5.74, 6) is 0.684. The van der Waals surface area contributed by atoms with Crippen LogP contribution in [0.2, 0.25) is 0 Å². The highest BCUT2D eigenvalue weighted by Gasteiger charge is 2.01. The monoisotopic (exact) mass is 175 g/mol. The Kier molecular flexibility index (Phi) is 3.69. The van der Waals surface area contributed by atoms with Crippen LogP contribution in [0.3, 0.4) is 0 Å². The van der Waals surface area contributed by atoms with Crippen molar-refractivity contribution >= 4 is 6.29 Å². The fourth-order valence-corrected chi connectivity index (χ4v) is 1.26. The zero-order valence-corrected chi connectivity index (χ0v) is 8.21. The second kappa shape index (κ2) is 4.80. The predicted molar refractivity (Wildman–Crippen MR) is 53.8 cm³/mol. The Morgan fingerprint density at radius 3 is 2.92 bits per heavy atom. The van der Waals surface area contributed by atoms with Crippen molar-refractivity contribution in [2.24, 2.45) is 5.92 Å². The molecule has 0 atom stereocenters. The van der Waals surface area contributed by atoms with Crippen molar-refractivity contribution in [3.8, 4) is 0 Å². The van der Waals surface area contributed by atoms with Gasteiger partial charge < -0.3 is 0 Å². The molecule has 0 saturated heterocycles. The fraction of sp³-hybridized carbons (Fsp3) is 0.417. The standard InChI is InChI=1S/C12H15O/c1-10(2)7-8-11-5-3-4-6-12(11)9-13/h3,5-6,9-10H,7-8H2,1-2H3. The Balaban J connectivity index is 2.69. The molecule has 1 heteroatoms. The molecule has 1 radical (unpaired) electrons. The smallest absolute Gasteiger partial charge is 0.150 e. The summed E-state index contributed by atoms with van der Waals surface area (Å²) in [5.41, 5.74) is 1.92. The molecule has 0 aliphatic rings. The number of hydrogen-bond donors (Lipinski definition) is 0. The van der Waals surface area contributed by atoms with E-state index in [1.807, 2.05) is 12.1 Å². The van der Waals surface area contributed by atoms with Gasteiger partial charge in [0.1, 0.15) is 6.29 Å². The summed E-state index contributed by atoms with van der Waals surface area (Å²) in [6, 6.07) is 8.50. The largest absolute Gasteiger partial charge is 0.298 e. The van der Waals surface area contributed by atoms with Crippen LogP contribution in [0.1, 0.15) is 36.2 Å². The third-order valence-electron chi connectivity index (χ3n) is 2.11. The van der Waals surface area contributed by atoms with Crippen LogP contribution in [-0.2, 0) is 6.42 Å². The van der Waals surface area contributed by atoms with Gasteiger partial charge >= 0.3 is 0 Å². The van der Waals surface area contributed by atoms with E-state index in [0.29, 0.717) is 5.92 Å². The lowest BCUT2D eigenvalue weighted by Crippen LogP contribution is -1.96. The van der Waals surface area contributed by atoms with Crippen LogP contribution in [0.5, 0.6) is 0 Å². The molecule has 0 spiro atoms. The molecule has 0 amide bonds. The Morgan fingerprint density at radius 1 is 1.54 bits per heavy atom. The molecule has 0 unspecified atom stereocenters. The first-order valence-electron chi connectivity index (χ1n) is 4.68. The Bertz CT molecular complexity index is 276. The van der Waals surface area contributed by atoms with Crippen molar-refractivity contribution in [1.29, 1.82) is 0 Å². The fourth-order valence-electron chi connectivity index (χ4n) is 1.26. The second-order valence-electron chi connectivity index (χ2n) is 3.68. The van der Waals surface area contributed by atoms with Crippen LogP contribution in [-0.4, -0.2) is 6.29 Å². The Hall–Kier alpha value is -1.11. The van der Waals surface area contributed by atoms with E-state index in [1.165, 1.54) is 0 Å². The maximum atomic E-state index is 10.7. The van der Waals surface area contributed by atoms with Gasteiger partial charge in [0.05, 0.1) is 0 Å². The average molecular weight is 175 g/mol. The summed E-state index contributed by atoms with van der Waals surface area (Å²) < 4.78 is 0. The van der Waals surface area contributed by atoms with E-state index in [2.05, 4.69) is 19.9 Å². The van der Waals surface area contributed by atoms with E-state index in [0.717, 1.165) is 30.3 Å². The Labute approximate surface area is 79.8 Å². The number of hydrogen-bond acceptors (Lipinski definition) is 1. The number of aryl methyl sites for hydroxylation is 1. The topological polar surface area (TPSA) is 17.1 Å². The molecule has 69 valence electrons. The molecule has 0 heterocycles. The minimum absolute atomic E-state index is 0.684. The van der Waals surface area contributed by atoms with Gasteiger partial charge in [-0.3, -0.25) is 4.79 Å². The molecule has 0 N–H and O–H groups in total. The highest BCUT2D eigenvalue weighted by Crippen LogP contribution is 2.11. The summed E-state index contributed by atoms with van der Waals surface area (Å²) in [6.45, 7) is 4.38. The maximum Gasteiger partial charge on any atom is 0.150 e. The third-order valence-corrected chi connectivity index (χ3v) is 2.11. The molecule has 1 nitrogen and oxygen atoms in total. The summed E-state index contributed by atoms with van der Waals surface area (Å²) in [6.07, 6.45) is 3.03. The van der Waals surface area contributed by atoms with Gasteiger partial charge in [-0.25, -0.2) is 0 Å². The first kappa shape index (κ1) is 9.97. The van der Waals surface area contributed by atoms with Gasteiger partial charge in [-0.1, -0.05) is 26.0 Å². The molecular formula is C12H15O. The third kappa shape index (κ3) is 3.02. The quantitative estimate of drug-likeness (QED) is 0.643. The lowest BCUT2D eigenvalue weighted by molar-refractivity contribution is 0.112. The van der Waals surface area contributed by atoms with Crippen molar-refractivity contribution in [3.05, 3.63) is 35.4 Å². The summed E-state index contributed by atoms with van der Waals surface area (Å²) in [7, 11) is 0. The van der Waals surface area contributed by atoms with Crippen LogP contribution in [0.15, 0.2) is 18.2 Å². The van der Waals surface area contributed by atoms with Crippen LogP contribution >= 0.6 is 0 Å². The number of carbonyl (C=O) groups is 1. The van der Waals surface area contributed by atoms with Gasteiger partial charge in [-0.2, -0.15) is 0 Å². The minimum Gasteiger partial charge on any atom is -0.298 e. The molecule has 13 heavy (non-hydrogen) atoms. The number of carbonyl (C=O) groups excluding carboxylic acids is 1. The van der Waals surface area contributed by atoms with Gasteiger partial charge in [0.15, 0.2) is 0 Å². The van der Waals surface area contributed by atoms with Crippen molar-refractivity contribution in [1.82, 2.24) is 0 Å². The molecule has 0 saturated carbocycles. The average Bonchev–Trinajstić information content (AvgIpc) is 2.15. The number of rotatable bonds is 4. The SMILES string of the molecule is CC(C)CCc1cc[c]cc1C=O. The van der Waals surface area contributed by atoms with Gasteiger partial charge in [0, 0.05) is 5.56 Å². The molecule has 0 fully saturated rings. The molecule has 1 aromatic rings. The van der Waals surface area contributed by atoms with Crippen LogP contribution in [0, 0.1) is 12.0 Å². The van der Waals surface area contributed by atoms with E-state index in [4.69, 9.17) is 0 Å². The highest BCUT2D eigenvalue weighted by molar-refractivity contribution is 5.76. The van der Waals surface area contributed by atoms with E-state index in [-0.39, 0.29) is 0 Å². The first-order valence-corrected chi connectivity index (χ1v) is 4.68. The Morgan fingerprint density at radius 2 is 2.31 bits per heavy atom. The predicted octanol–water partition coefficient (Wildman–Crippen LogP) is 2.89. The molecule has 0 aromatic heterocycles. The van der Waals surface area contributed by atoms with Crippen molar-refractivity contribution in [3.63, 3.8) is 0 Å². The van der Waals surface area contributed by atoms with E-state index < -0.39 is 0 Å². The lowest BCUT2D eigenvalue weighted by atomic mass is 9.99. The normalized spacial score (nSPS) is 10.4. The van der Waals surface area contributed by atoms with Crippen LogP contribution in [0.25, 0.3) is 0 Å². The summed E-state index contributed by atoms with van der Waals surface area (Å²) >= 11 is 0. The summed E-state index contributed by atoms with van der Waals surface area (Å²) in [5, 5.41) is 0. The van der Waals surface area contributed by atoms with Crippen LogP contribution < -0.4 is 0 Å². The molecule has 1 aromatic carbocycles. The van der Waals surface area contributed by atoms with Gasteiger partial charge in [-0.05, 0) is 36.5 Å². The maximum absolute atomic E-state index is 10.7. The molecule has 0 aliphatic carbocycles. The zero-order chi connectivity index (χ0) is 9.68. The number of benzene rings is 1. The minimum atomic E-state index is 0.684. The van der Waals surface area contributed by atoms with E-state index in [1.54, 1.807) is 6.07 Å². The number of aldehydes is 1. The van der Waals surface area contributed by atoms with E-state index >= 15 is 0 Å². The summed E-state index contributed by atoms with van der Waals surface area (Å²) in [4.78, 5) is 10.7. The molecule has 1 rings (SSSR count). The van der Waals surface area contributed by atoms with Crippen molar-refractivity contribution in [2.45, 2.75) is 26.7 Å². The zero-order valence-electron chi connectivity index (χ0n) is 8.21. The van der Waals surface area contributed by atoms with Gasteiger partial charge in [0.2, 0.25) is 0 Å². The highest BCUT2D eigenvalue weighted by atomic mass is 16.1. The van der Waals surface area contributed by atoms with Gasteiger partial charge in [-0.15, -0.1) is 0 Å². The first-order chi connectivity index (χ1) is 6.24.